The van der Waals surface area contributed by atoms with E-state index in [-0.39, 0.29) is 36.3 Å². The van der Waals surface area contributed by atoms with Crippen molar-refractivity contribution in [1.29, 1.82) is 0 Å². The van der Waals surface area contributed by atoms with Gasteiger partial charge in [-0.25, -0.2) is 0 Å². The molecule has 2 aliphatic heterocycles. The summed E-state index contributed by atoms with van der Waals surface area (Å²) in [6, 6.07) is 7.60. The molecule has 0 spiro atoms. The number of para-hydroxylation sites is 2. The molecule has 0 saturated carbocycles. The minimum Gasteiger partial charge on any atom is -0.489 e. The number of nitrogens with one attached hydrogen (secondary N) is 2. The maximum atomic E-state index is 13.0. The quantitative estimate of drug-likeness (QED) is 0.751. The number of aryl methyl sites for hydroxylation is 1. The van der Waals surface area contributed by atoms with Gasteiger partial charge in [-0.1, -0.05) is 12.1 Å². The number of amides is 1. The fraction of sp³-hybridized carbons (Fsp3) is 0.524. The van der Waals surface area contributed by atoms with Crippen LogP contribution >= 0.6 is 12.4 Å². The molecule has 0 bridgehead atoms. The van der Waals surface area contributed by atoms with Crippen molar-refractivity contribution in [3.8, 4) is 5.75 Å². The number of nitrogens with zero attached hydrogens (tertiary/aromatic N) is 2. The number of ether oxygens (including phenoxy) is 2. The Morgan fingerprint density at radius 2 is 2.21 bits per heavy atom. The average Bonchev–Trinajstić information content (AvgIpc) is 3.37. The maximum absolute atomic E-state index is 13.0. The van der Waals surface area contributed by atoms with Crippen LogP contribution in [0.2, 0.25) is 0 Å². The molecule has 0 radical (unpaired) electrons. The minimum atomic E-state index is -0.140. The molecule has 1 unspecified atom stereocenters. The monoisotopic (exact) mass is 420 g/mol. The third kappa shape index (κ3) is 5.29. The van der Waals surface area contributed by atoms with Crippen LogP contribution in [0.5, 0.6) is 5.75 Å². The van der Waals surface area contributed by atoms with Gasteiger partial charge in [-0.2, -0.15) is 5.10 Å². The third-order valence-electron chi connectivity index (χ3n) is 5.55. The molecule has 1 aromatic carbocycles. The summed E-state index contributed by atoms with van der Waals surface area (Å²) in [5.74, 6) is 0.675. The Balaban J connectivity index is 0.00000240. The molecule has 2 aliphatic rings. The van der Waals surface area contributed by atoms with Crippen LogP contribution < -0.4 is 15.4 Å². The van der Waals surface area contributed by atoms with Crippen LogP contribution in [-0.2, 0) is 16.6 Å². The van der Waals surface area contributed by atoms with Crippen molar-refractivity contribution < 1.29 is 14.3 Å². The lowest BCUT2D eigenvalue weighted by atomic mass is 9.90. The molecule has 2 saturated heterocycles. The lowest BCUT2D eigenvalue weighted by Gasteiger charge is -2.23. The Morgan fingerprint density at radius 3 is 2.97 bits per heavy atom. The van der Waals surface area contributed by atoms with Crippen LogP contribution in [0.25, 0.3) is 0 Å². The normalized spacial score (nSPS) is 24.0. The zero-order chi connectivity index (χ0) is 19.3. The maximum Gasteiger partial charge on any atom is 0.229 e. The van der Waals surface area contributed by atoms with Crippen molar-refractivity contribution >= 4 is 24.0 Å². The zero-order valence-electron chi connectivity index (χ0n) is 16.7. The molecule has 8 heteroatoms. The highest BCUT2D eigenvalue weighted by molar-refractivity contribution is 5.95. The van der Waals surface area contributed by atoms with Crippen molar-refractivity contribution in [2.45, 2.75) is 31.3 Å². The van der Waals surface area contributed by atoms with Gasteiger partial charge in [-0.3, -0.25) is 9.48 Å². The molecular formula is C21H29ClN4O3. The standard InChI is InChI=1S/C21H28N4O3.ClH/c1-25-13-15(10-23-25)17-11-22-12-18(17)21(26)24-19-7-2-3-8-20(19)28-14-16-6-4-5-9-27-16;/h2-3,7-8,10,13,16-18,22H,4-6,9,11-12,14H2,1H3,(H,24,26);1H/t16?,17-,18+;/m1./s1. The smallest absolute Gasteiger partial charge is 0.229 e. The molecule has 3 atom stereocenters. The van der Waals surface area contributed by atoms with E-state index in [4.69, 9.17) is 9.47 Å². The van der Waals surface area contributed by atoms with E-state index in [1.54, 1.807) is 4.68 Å². The van der Waals surface area contributed by atoms with Gasteiger partial charge in [0.2, 0.25) is 5.91 Å². The molecule has 1 amide bonds. The number of aromatic nitrogens is 2. The van der Waals surface area contributed by atoms with E-state index in [1.165, 1.54) is 6.42 Å². The number of benzene rings is 1. The second kappa shape index (κ2) is 10.1. The summed E-state index contributed by atoms with van der Waals surface area (Å²) in [4.78, 5) is 13.0. The van der Waals surface area contributed by atoms with Crippen molar-refractivity contribution in [3.63, 3.8) is 0 Å². The lowest BCUT2D eigenvalue weighted by Crippen LogP contribution is -2.29. The molecule has 1 aromatic heterocycles. The molecule has 0 aliphatic carbocycles. The molecule has 7 nitrogen and oxygen atoms in total. The summed E-state index contributed by atoms with van der Waals surface area (Å²) in [5, 5.41) is 10.7. The van der Waals surface area contributed by atoms with E-state index in [9.17, 15) is 4.79 Å². The topological polar surface area (TPSA) is 77.4 Å². The van der Waals surface area contributed by atoms with E-state index in [0.29, 0.717) is 24.6 Å². The predicted molar refractivity (Wildman–Crippen MR) is 114 cm³/mol. The summed E-state index contributed by atoms with van der Waals surface area (Å²) in [6.45, 7) is 2.75. The fourth-order valence-electron chi connectivity index (χ4n) is 3.98. The SMILES string of the molecule is Cl.Cn1cc([C@H]2CNC[C@@H]2C(=O)Nc2ccccc2OCC2CCCCO2)cn1. The summed E-state index contributed by atoms with van der Waals surface area (Å²) in [5.41, 5.74) is 1.80. The largest absolute Gasteiger partial charge is 0.489 e. The highest BCUT2D eigenvalue weighted by atomic mass is 35.5. The van der Waals surface area contributed by atoms with Crippen LogP contribution in [0, 0.1) is 5.92 Å². The number of hydrogen-bond acceptors (Lipinski definition) is 5. The van der Waals surface area contributed by atoms with Crippen LogP contribution in [0.4, 0.5) is 5.69 Å². The van der Waals surface area contributed by atoms with Crippen molar-refractivity contribution in [1.82, 2.24) is 15.1 Å². The summed E-state index contributed by atoms with van der Waals surface area (Å²) >= 11 is 0. The van der Waals surface area contributed by atoms with Crippen LogP contribution in [0.1, 0.15) is 30.7 Å². The van der Waals surface area contributed by atoms with Crippen LogP contribution in [0.3, 0.4) is 0 Å². The second-order valence-electron chi connectivity index (χ2n) is 7.60. The van der Waals surface area contributed by atoms with Crippen molar-refractivity contribution in [2.24, 2.45) is 13.0 Å². The van der Waals surface area contributed by atoms with E-state index >= 15 is 0 Å². The molecule has 2 N–H and O–H groups in total. The minimum absolute atomic E-state index is 0. The number of anilines is 1. The predicted octanol–water partition coefficient (Wildman–Crippen LogP) is 2.73. The van der Waals surface area contributed by atoms with E-state index in [0.717, 1.165) is 31.6 Å². The van der Waals surface area contributed by atoms with Gasteiger partial charge in [0, 0.05) is 38.9 Å². The van der Waals surface area contributed by atoms with Crippen molar-refractivity contribution in [3.05, 3.63) is 42.2 Å². The van der Waals surface area contributed by atoms with Gasteiger partial charge in [0.1, 0.15) is 12.4 Å². The summed E-state index contributed by atoms with van der Waals surface area (Å²) < 4.78 is 13.5. The third-order valence-corrected chi connectivity index (χ3v) is 5.55. The number of hydrogen-bond donors (Lipinski definition) is 2. The van der Waals surface area contributed by atoms with Crippen LogP contribution in [-0.4, -0.2) is 48.1 Å². The Morgan fingerprint density at radius 1 is 1.34 bits per heavy atom. The van der Waals surface area contributed by atoms with Gasteiger partial charge in [0.25, 0.3) is 0 Å². The van der Waals surface area contributed by atoms with E-state index in [2.05, 4.69) is 15.7 Å². The highest BCUT2D eigenvalue weighted by Crippen LogP contribution is 2.31. The number of carbonyl (C=O) groups is 1. The lowest BCUT2D eigenvalue weighted by molar-refractivity contribution is -0.119. The first kappa shape index (κ1) is 21.6. The van der Waals surface area contributed by atoms with E-state index < -0.39 is 0 Å². The first-order valence-electron chi connectivity index (χ1n) is 10.0. The molecule has 2 aromatic rings. The molecule has 158 valence electrons. The highest BCUT2D eigenvalue weighted by Gasteiger charge is 2.35. The van der Waals surface area contributed by atoms with Gasteiger partial charge in [-0.15, -0.1) is 12.4 Å². The fourth-order valence-corrected chi connectivity index (χ4v) is 3.98. The molecule has 29 heavy (non-hydrogen) atoms. The van der Waals surface area contributed by atoms with Gasteiger partial charge in [0.05, 0.1) is 23.9 Å². The summed E-state index contributed by atoms with van der Waals surface area (Å²) in [6.07, 6.45) is 7.28. The van der Waals surface area contributed by atoms with Gasteiger partial charge < -0.3 is 20.1 Å². The molecule has 3 heterocycles. The van der Waals surface area contributed by atoms with Gasteiger partial charge in [-0.05, 0) is 37.0 Å². The van der Waals surface area contributed by atoms with E-state index in [1.807, 2.05) is 43.7 Å². The molecule has 2 fully saturated rings. The Kier molecular flexibility index (Phi) is 7.52. The number of halogens is 1. The molecule has 4 rings (SSSR count). The van der Waals surface area contributed by atoms with Gasteiger partial charge >= 0.3 is 0 Å². The Bertz CT molecular complexity index is 807. The zero-order valence-corrected chi connectivity index (χ0v) is 17.5. The first-order chi connectivity index (χ1) is 13.7. The number of carbonyl (C=O) groups excluding carboxylic acids is 1. The molecular weight excluding hydrogens is 392 g/mol. The average molecular weight is 421 g/mol. The van der Waals surface area contributed by atoms with Crippen molar-refractivity contribution in [2.75, 3.05) is 31.6 Å². The summed E-state index contributed by atoms with van der Waals surface area (Å²) in [7, 11) is 1.89. The Labute approximate surface area is 177 Å². The van der Waals surface area contributed by atoms with Crippen LogP contribution in [0.15, 0.2) is 36.7 Å². The first-order valence-corrected chi connectivity index (χ1v) is 10.0. The van der Waals surface area contributed by atoms with Gasteiger partial charge in [0.15, 0.2) is 0 Å². The Hall–Kier alpha value is -2.09. The second-order valence-corrected chi connectivity index (χ2v) is 7.60. The number of rotatable bonds is 6.